The fourth-order valence-electron chi connectivity index (χ4n) is 1.40. The molecule has 1 amide bonds. The van der Waals surface area contributed by atoms with Crippen molar-refractivity contribution in [1.29, 1.82) is 0 Å². The van der Waals surface area contributed by atoms with Crippen LogP contribution in [-0.4, -0.2) is 18.9 Å². The maximum absolute atomic E-state index is 11.7. The van der Waals surface area contributed by atoms with Crippen LogP contribution in [0.1, 0.15) is 30.1 Å². The molecule has 5 heteroatoms. The second-order valence-electron chi connectivity index (χ2n) is 3.61. The summed E-state index contributed by atoms with van der Waals surface area (Å²) in [5, 5.41) is 3.83. The average Bonchev–Trinajstić information content (AvgIpc) is 2.81. The summed E-state index contributed by atoms with van der Waals surface area (Å²) in [6.07, 6.45) is 3.54. The van der Waals surface area contributed by atoms with E-state index in [1.165, 1.54) is 0 Å². The fourth-order valence-corrected chi connectivity index (χ4v) is 1.40. The van der Waals surface area contributed by atoms with Gasteiger partial charge in [0.15, 0.2) is 11.5 Å². The number of nitrogens with one attached hydrogen (secondary N) is 1. The fraction of sp³-hybridized carbons (Fsp3) is 0.333. The number of amides is 1. The Kier molecular flexibility index (Phi) is 3.59. The van der Waals surface area contributed by atoms with Crippen LogP contribution in [0.5, 0.6) is 11.5 Å². The van der Waals surface area contributed by atoms with E-state index in [2.05, 4.69) is 10.5 Å². The van der Waals surface area contributed by atoms with Gasteiger partial charge in [-0.25, -0.2) is 5.43 Å². The molecule has 0 bridgehead atoms. The Bertz CT molecular complexity index is 443. The van der Waals surface area contributed by atoms with Gasteiger partial charge in [0.25, 0.3) is 5.91 Å². The van der Waals surface area contributed by atoms with Crippen LogP contribution >= 0.6 is 0 Å². The van der Waals surface area contributed by atoms with E-state index >= 15 is 0 Å². The highest BCUT2D eigenvalue weighted by Crippen LogP contribution is 2.32. The third kappa shape index (κ3) is 2.75. The van der Waals surface area contributed by atoms with Gasteiger partial charge in [0.1, 0.15) is 0 Å². The summed E-state index contributed by atoms with van der Waals surface area (Å²) >= 11 is 0. The molecule has 5 nitrogen and oxygen atoms in total. The zero-order valence-corrected chi connectivity index (χ0v) is 9.60. The Morgan fingerprint density at radius 2 is 2.29 bits per heavy atom. The van der Waals surface area contributed by atoms with Crippen LogP contribution in [0, 0.1) is 0 Å². The number of fused-ring (bicyclic) bond motifs is 1. The molecule has 1 aliphatic heterocycles. The molecule has 0 saturated heterocycles. The van der Waals surface area contributed by atoms with Crippen LogP contribution in [0.15, 0.2) is 23.3 Å². The molecule has 1 heterocycles. The Labute approximate surface area is 99.4 Å². The van der Waals surface area contributed by atoms with Crippen molar-refractivity contribution in [3.63, 3.8) is 0 Å². The summed E-state index contributed by atoms with van der Waals surface area (Å²) < 4.78 is 10.4. The number of carbonyl (C=O) groups is 1. The van der Waals surface area contributed by atoms with E-state index in [9.17, 15) is 4.79 Å². The minimum atomic E-state index is -0.254. The highest BCUT2D eigenvalue weighted by atomic mass is 16.7. The van der Waals surface area contributed by atoms with E-state index in [0.717, 1.165) is 12.8 Å². The number of benzene rings is 1. The lowest BCUT2D eigenvalue weighted by Gasteiger charge is -2.01. The van der Waals surface area contributed by atoms with Gasteiger partial charge in [-0.2, -0.15) is 5.10 Å². The molecule has 1 aromatic carbocycles. The summed E-state index contributed by atoms with van der Waals surface area (Å²) in [6.45, 7) is 2.25. The number of hydrazone groups is 1. The molecule has 0 aromatic heterocycles. The quantitative estimate of drug-likeness (QED) is 0.639. The lowest BCUT2D eigenvalue weighted by molar-refractivity contribution is 0.0954. The van der Waals surface area contributed by atoms with E-state index in [4.69, 9.17) is 9.47 Å². The number of unbranched alkanes of at least 4 members (excludes halogenated alkanes) is 1. The summed E-state index contributed by atoms with van der Waals surface area (Å²) in [5.41, 5.74) is 2.96. The molecular weight excluding hydrogens is 220 g/mol. The van der Waals surface area contributed by atoms with Crippen molar-refractivity contribution in [3.05, 3.63) is 23.8 Å². The molecule has 0 saturated carbocycles. The van der Waals surface area contributed by atoms with Crippen LogP contribution in [0.2, 0.25) is 0 Å². The smallest absolute Gasteiger partial charge is 0.271 e. The Balaban J connectivity index is 2.00. The average molecular weight is 234 g/mol. The van der Waals surface area contributed by atoms with Crippen molar-refractivity contribution in [1.82, 2.24) is 5.43 Å². The van der Waals surface area contributed by atoms with E-state index in [0.29, 0.717) is 17.1 Å². The summed E-state index contributed by atoms with van der Waals surface area (Å²) in [4.78, 5) is 11.7. The van der Waals surface area contributed by atoms with Crippen LogP contribution in [0.4, 0.5) is 0 Å². The van der Waals surface area contributed by atoms with Gasteiger partial charge in [-0.15, -0.1) is 0 Å². The van der Waals surface area contributed by atoms with Crippen molar-refractivity contribution in [2.24, 2.45) is 5.10 Å². The maximum Gasteiger partial charge on any atom is 0.271 e. The van der Waals surface area contributed by atoms with Crippen LogP contribution in [-0.2, 0) is 0 Å². The van der Waals surface area contributed by atoms with Crippen LogP contribution in [0.3, 0.4) is 0 Å². The zero-order chi connectivity index (χ0) is 12.1. The number of carbonyl (C=O) groups excluding carboxylic acids is 1. The highest BCUT2D eigenvalue weighted by molar-refractivity contribution is 5.95. The molecular formula is C12H14N2O3. The topological polar surface area (TPSA) is 59.9 Å². The van der Waals surface area contributed by atoms with Gasteiger partial charge in [-0.1, -0.05) is 13.3 Å². The Hall–Kier alpha value is -2.04. The predicted octanol–water partition coefficient (Wildman–Crippen LogP) is 1.93. The van der Waals surface area contributed by atoms with Gasteiger partial charge >= 0.3 is 0 Å². The van der Waals surface area contributed by atoms with Crippen molar-refractivity contribution < 1.29 is 14.3 Å². The predicted molar refractivity (Wildman–Crippen MR) is 63.4 cm³/mol. The monoisotopic (exact) mass is 234 g/mol. The van der Waals surface area contributed by atoms with Gasteiger partial charge in [0.2, 0.25) is 6.79 Å². The second kappa shape index (κ2) is 5.34. The molecule has 1 N–H and O–H groups in total. The van der Waals surface area contributed by atoms with E-state index in [1.54, 1.807) is 24.4 Å². The molecule has 90 valence electrons. The van der Waals surface area contributed by atoms with Crippen LogP contribution < -0.4 is 14.9 Å². The zero-order valence-electron chi connectivity index (χ0n) is 9.60. The summed E-state index contributed by atoms with van der Waals surface area (Å²) in [6, 6.07) is 5.04. The standard InChI is InChI=1S/C12H14N2O3/c1-2-3-6-13-14-12(15)9-4-5-10-11(7-9)17-8-16-10/h4-7H,2-3,8H2,1H3,(H,14,15). The lowest BCUT2D eigenvalue weighted by Crippen LogP contribution is -2.17. The highest BCUT2D eigenvalue weighted by Gasteiger charge is 2.15. The number of hydrogen-bond acceptors (Lipinski definition) is 4. The lowest BCUT2D eigenvalue weighted by atomic mass is 10.2. The Morgan fingerprint density at radius 3 is 3.12 bits per heavy atom. The third-order valence-electron chi connectivity index (χ3n) is 2.31. The SMILES string of the molecule is CCCC=NNC(=O)c1ccc2c(c1)OCO2. The largest absolute Gasteiger partial charge is 0.454 e. The number of hydrogen-bond donors (Lipinski definition) is 1. The molecule has 1 aliphatic rings. The van der Waals surface area contributed by atoms with Crippen molar-refractivity contribution in [2.75, 3.05) is 6.79 Å². The molecule has 0 unspecified atom stereocenters. The van der Waals surface area contributed by atoms with Crippen molar-refractivity contribution >= 4 is 12.1 Å². The molecule has 17 heavy (non-hydrogen) atoms. The van der Waals surface area contributed by atoms with Gasteiger partial charge in [-0.05, 0) is 24.6 Å². The van der Waals surface area contributed by atoms with Gasteiger partial charge in [-0.3, -0.25) is 4.79 Å². The number of ether oxygens (including phenoxy) is 2. The van der Waals surface area contributed by atoms with Gasteiger partial charge in [0.05, 0.1) is 0 Å². The van der Waals surface area contributed by atoms with E-state index < -0.39 is 0 Å². The molecule has 0 aliphatic carbocycles. The second-order valence-corrected chi connectivity index (χ2v) is 3.61. The van der Waals surface area contributed by atoms with Crippen molar-refractivity contribution in [2.45, 2.75) is 19.8 Å². The molecule has 0 fully saturated rings. The first-order chi connectivity index (χ1) is 8.31. The first-order valence-corrected chi connectivity index (χ1v) is 5.52. The number of nitrogens with zero attached hydrogens (tertiary/aromatic N) is 1. The number of rotatable bonds is 4. The normalized spacial score (nSPS) is 13.0. The molecule has 0 radical (unpaired) electrons. The molecule has 0 atom stereocenters. The molecule has 0 spiro atoms. The third-order valence-corrected chi connectivity index (χ3v) is 2.31. The summed E-state index contributed by atoms with van der Waals surface area (Å²) in [5.74, 6) is 1.00. The first-order valence-electron chi connectivity index (χ1n) is 5.52. The van der Waals surface area contributed by atoms with Crippen molar-refractivity contribution in [3.8, 4) is 11.5 Å². The molecule has 1 aromatic rings. The molecule has 2 rings (SSSR count). The minimum Gasteiger partial charge on any atom is -0.454 e. The maximum atomic E-state index is 11.7. The van der Waals surface area contributed by atoms with Gasteiger partial charge in [0, 0.05) is 11.8 Å². The van der Waals surface area contributed by atoms with Crippen LogP contribution in [0.25, 0.3) is 0 Å². The van der Waals surface area contributed by atoms with Gasteiger partial charge < -0.3 is 9.47 Å². The minimum absolute atomic E-state index is 0.203. The summed E-state index contributed by atoms with van der Waals surface area (Å²) in [7, 11) is 0. The first kappa shape index (κ1) is 11.4. The Morgan fingerprint density at radius 1 is 1.47 bits per heavy atom. The van der Waals surface area contributed by atoms with E-state index in [-0.39, 0.29) is 12.7 Å². The van der Waals surface area contributed by atoms with E-state index in [1.807, 2.05) is 6.92 Å².